The number of ether oxygens (including phenoxy) is 1. The van der Waals surface area contributed by atoms with Crippen LogP contribution >= 0.6 is 23.2 Å². The summed E-state index contributed by atoms with van der Waals surface area (Å²) in [4.78, 5) is -0.0460. The van der Waals surface area contributed by atoms with Crippen LogP contribution in [0.4, 0.5) is 0 Å². The van der Waals surface area contributed by atoms with Gasteiger partial charge in [0.1, 0.15) is 10.6 Å². The fraction of sp³-hybridized carbons (Fsp3) is 0.455. The maximum absolute atomic E-state index is 12.1. The summed E-state index contributed by atoms with van der Waals surface area (Å²) in [5.41, 5.74) is 0. The van der Waals surface area contributed by atoms with E-state index in [1.54, 1.807) is 6.92 Å². The smallest absolute Gasteiger partial charge is 0.242 e. The van der Waals surface area contributed by atoms with Gasteiger partial charge in [0.2, 0.25) is 10.0 Å². The number of hydrogen-bond donors (Lipinski definition) is 1. The van der Waals surface area contributed by atoms with Crippen molar-refractivity contribution in [2.75, 3.05) is 7.11 Å². The van der Waals surface area contributed by atoms with Gasteiger partial charge < -0.3 is 4.74 Å². The van der Waals surface area contributed by atoms with Gasteiger partial charge in [0.15, 0.2) is 0 Å². The molecular formula is C11H15Cl2NO3S. The van der Waals surface area contributed by atoms with E-state index >= 15 is 0 Å². The predicted octanol–water partition coefficient (Wildman–Crippen LogP) is 3.08. The van der Waals surface area contributed by atoms with Crippen LogP contribution < -0.4 is 9.46 Å². The molecule has 1 rings (SSSR count). The molecule has 0 aromatic heterocycles. The average Bonchev–Trinajstić information content (AvgIpc) is 2.30. The van der Waals surface area contributed by atoms with Crippen LogP contribution in [0.5, 0.6) is 5.75 Å². The van der Waals surface area contributed by atoms with Gasteiger partial charge >= 0.3 is 0 Å². The third-order valence-corrected chi connectivity index (χ3v) is 4.81. The van der Waals surface area contributed by atoms with E-state index in [4.69, 9.17) is 27.9 Å². The first kappa shape index (κ1) is 15.6. The van der Waals surface area contributed by atoms with E-state index in [0.717, 1.165) is 0 Å². The van der Waals surface area contributed by atoms with Crippen molar-refractivity contribution < 1.29 is 13.2 Å². The molecule has 0 saturated carbocycles. The Morgan fingerprint density at radius 3 is 2.44 bits per heavy atom. The van der Waals surface area contributed by atoms with Crippen LogP contribution in [0.3, 0.4) is 0 Å². The van der Waals surface area contributed by atoms with Gasteiger partial charge in [0.25, 0.3) is 0 Å². The molecule has 1 aromatic carbocycles. The fourth-order valence-corrected chi connectivity index (χ4v) is 3.46. The Balaban J connectivity index is 3.21. The van der Waals surface area contributed by atoms with E-state index in [-0.39, 0.29) is 21.0 Å². The predicted molar refractivity (Wildman–Crippen MR) is 73.1 cm³/mol. The molecule has 1 unspecified atom stereocenters. The van der Waals surface area contributed by atoms with Gasteiger partial charge in [0.05, 0.1) is 17.2 Å². The molecule has 18 heavy (non-hydrogen) atoms. The van der Waals surface area contributed by atoms with Crippen molar-refractivity contribution in [2.24, 2.45) is 0 Å². The Labute approximate surface area is 117 Å². The summed E-state index contributed by atoms with van der Waals surface area (Å²) in [7, 11) is -2.24. The number of nitrogens with one attached hydrogen (secondary N) is 1. The van der Waals surface area contributed by atoms with Crippen LogP contribution in [0.1, 0.15) is 20.3 Å². The van der Waals surface area contributed by atoms with E-state index in [9.17, 15) is 8.42 Å². The van der Waals surface area contributed by atoms with Crippen molar-refractivity contribution in [3.8, 4) is 5.75 Å². The van der Waals surface area contributed by atoms with Crippen LogP contribution in [-0.4, -0.2) is 21.6 Å². The largest absolute Gasteiger partial charge is 0.495 e. The van der Waals surface area contributed by atoms with Crippen LogP contribution in [0.15, 0.2) is 17.0 Å². The third kappa shape index (κ3) is 3.51. The first-order valence-corrected chi connectivity index (χ1v) is 7.61. The standard InChI is InChI=1S/C11H15Cl2NO3S/c1-4-7(2)14-18(15,16)11-6-8(12)10(17-3)5-9(11)13/h5-7,14H,4H2,1-3H3. The second-order valence-corrected chi connectivity index (χ2v) is 6.34. The molecule has 0 saturated heterocycles. The van der Waals surface area contributed by atoms with Gasteiger partial charge in [-0.25, -0.2) is 13.1 Å². The van der Waals surface area contributed by atoms with Gasteiger partial charge in [-0.05, 0) is 19.4 Å². The summed E-state index contributed by atoms with van der Waals surface area (Å²) in [5.74, 6) is 0.337. The van der Waals surface area contributed by atoms with Crippen LogP contribution in [0.25, 0.3) is 0 Å². The highest BCUT2D eigenvalue weighted by Gasteiger charge is 2.21. The topological polar surface area (TPSA) is 55.4 Å². The molecule has 0 amide bonds. The lowest BCUT2D eigenvalue weighted by atomic mass is 10.3. The van der Waals surface area contributed by atoms with E-state index < -0.39 is 10.0 Å². The summed E-state index contributed by atoms with van der Waals surface area (Å²) < 4.78 is 31.6. The monoisotopic (exact) mass is 311 g/mol. The molecular weight excluding hydrogens is 297 g/mol. The second kappa shape index (κ2) is 6.10. The normalized spacial score (nSPS) is 13.4. The highest BCUT2D eigenvalue weighted by molar-refractivity contribution is 7.89. The SMILES string of the molecule is CCC(C)NS(=O)(=O)c1cc(Cl)c(OC)cc1Cl. The minimum absolute atomic E-state index is 0.0460. The van der Waals surface area contributed by atoms with Gasteiger partial charge in [-0.15, -0.1) is 0 Å². The molecule has 4 nitrogen and oxygen atoms in total. The van der Waals surface area contributed by atoms with Gasteiger partial charge in [-0.3, -0.25) is 0 Å². The number of halogens is 2. The fourth-order valence-electron chi connectivity index (χ4n) is 1.28. The lowest BCUT2D eigenvalue weighted by Crippen LogP contribution is -2.32. The maximum atomic E-state index is 12.1. The summed E-state index contributed by atoms with van der Waals surface area (Å²) >= 11 is 11.8. The molecule has 0 aliphatic carbocycles. The number of methoxy groups -OCH3 is 1. The molecule has 0 heterocycles. The van der Waals surface area contributed by atoms with Crippen molar-refractivity contribution in [1.29, 1.82) is 0 Å². The minimum atomic E-state index is -3.67. The molecule has 1 aromatic rings. The zero-order chi connectivity index (χ0) is 13.9. The Morgan fingerprint density at radius 1 is 1.33 bits per heavy atom. The summed E-state index contributed by atoms with van der Waals surface area (Å²) in [6.45, 7) is 3.66. The lowest BCUT2D eigenvalue weighted by molar-refractivity contribution is 0.414. The number of sulfonamides is 1. The number of rotatable bonds is 5. The third-order valence-electron chi connectivity index (χ3n) is 2.46. The van der Waals surface area contributed by atoms with Crippen LogP contribution in [0, 0.1) is 0 Å². The van der Waals surface area contributed by atoms with Crippen molar-refractivity contribution in [3.63, 3.8) is 0 Å². The summed E-state index contributed by atoms with van der Waals surface area (Å²) in [6, 6.07) is 2.50. The molecule has 102 valence electrons. The number of hydrogen-bond acceptors (Lipinski definition) is 3. The molecule has 0 radical (unpaired) electrons. The number of benzene rings is 1. The highest BCUT2D eigenvalue weighted by atomic mass is 35.5. The van der Waals surface area contributed by atoms with E-state index in [1.165, 1.54) is 19.2 Å². The van der Waals surface area contributed by atoms with Crippen LogP contribution in [0.2, 0.25) is 10.0 Å². The second-order valence-electron chi connectivity index (χ2n) is 3.85. The Morgan fingerprint density at radius 2 is 1.94 bits per heavy atom. The highest BCUT2D eigenvalue weighted by Crippen LogP contribution is 2.33. The van der Waals surface area contributed by atoms with E-state index in [2.05, 4.69) is 4.72 Å². The van der Waals surface area contributed by atoms with Gasteiger partial charge in [-0.2, -0.15) is 0 Å². The van der Waals surface area contributed by atoms with Crippen molar-refractivity contribution in [3.05, 3.63) is 22.2 Å². The molecule has 1 atom stereocenters. The molecule has 0 aliphatic heterocycles. The average molecular weight is 312 g/mol. The summed E-state index contributed by atoms with van der Waals surface area (Å²) in [6.07, 6.45) is 0.681. The zero-order valence-corrected chi connectivity index (χ0v) is 12.7. The van der Waals surface area contributed by atoms with Crippen molar-refractivity contribution in [2.45, 2.75) is 31.2 Å². The summed E-state index contributed by atoms with van der Waals surface area (Å²) in [5, 5.41) is 0.276. The van der Waals surface area contributed by atoms with Crippen molar-refractivity contribution in [1.82, 2.24) is 4.72 Å². The van der Waals surface area contributed by atoms with Crippen LogP contribution in [-0.2, 0) is 10.0 Å². The molecule has 0 spiro atoms. The van der Waals surface area contributed by atoms with E-state index in [0.29, 0.717) is 12.2 Å². The molecule has 0 aliphatic rings. The molecule has 1 N–H and O–H groups in total. The molecule has 0 bridgehead atoms. The Bertz CT molecular complexity index is 531. The molecule has 0 fully saturated rings. The minimum Gasteiger partial charge on any atom is -0.495 e. The first-order valence-electron chi connectivity index (χ1n) is 5.37. The first-order chi connectivity index (χ1) is 8.31. The maximum Gasteiger partial charge on any atom is 0.242 e. The Hall–Kier alpha value is -0.490. The molecule has 7 heteroatoms. The van der Waals surface area contributed by atoms with Gasteiger partial charge in [0, 0.05) is 12.1 Å². The Kier molecular flexibility index (Phi) is 5.28. The quantitative estimate of drug-likeness (QED) is 0.909. The lowest BCUT2D eigenvalue weighted by Gasteiger charge is -2.14. The van der Waals surface area contributed by atoms with E-state index in [1.807, 2.05) is 6.92 Å². The van der Waals surface area contributed by atoms with Crippen molar-refractivity contribution >= 4 is 33.2 Å². The van der Waals surface area contributed by atoms with Gasteiger partial charge in [-0.1, -0.05) is 30.1 Å². The zero-order valence-electron chi connectivity index (χ0n) is 10.3.